The Labute approximate surface area is 80.8 Å². The van der Waals surface area contributed by atoms with E-state index in [1.807, 2.05) is 19.1 Å². The van der Waals surface area contributed by atoms with Gasteiger partial charge in [0.1, 0.15) is 0 Å². The van der Waals surface area contributed by atoms with Crippen molar-refractivity contribution in [2.45, 2.75) is 25.9 Å². The molecule has 0 radical (unpaired) electrons. The van der Waals surface area contributed by atoms with E-state index in [0.29, 0.717) is 0 Å². The molecule has 2 nitrogen and oxygen atoms in total. The Hall–Kier alpha value is -0.410. The Kier molecular flexibility index (Phi) is 3.23. The van der Waals surface area contributed by atoms with Crippen LogP contribution in [0, 0.1) is 0 Å². The van der Waals surface area contributed by atoms with Crippen molar-refractivity contribution in [1.29, 1.82) is 0 Å². The standard InChI is InChI=1S/C9H12BrNO/c1-6(7(2)12)9-8(10)4-3-5-11-9/h3-7,12H,1-2H3. The molecule has 2 unspecified atom stereocenters. The summed E-state index contributed by atoms with van der Waals surface area (Å²) in [5, 5.41) is 9.34. The van der Waals surface area contributed by atoms with Crippen LogP contribution in [0.4, 0.5) is 0 Å². The van der Waals surface area contributed by atoms with Crippen LogP contribution in [-0.4, -0.2) is 16.2 Å². The molecule has 0 aromatic carbocycles. The van der Waals surface area contributed by atoms with Gasteiger partial charge >= 0.3 is 0 Å². The van der Waals surface area contributed by atoms with E-state index in [0.717, 1.165) is 10.2 Å². The summed E-state index contributed by atoms with van der Waals surface area (Å²) >= 11 is 3.39. The van der Waals surface area contributed by atoms with Gasteiger partial charge < -0.3 is 5.11 Å². The normalized spacial score (nSPS) is 15.7. The maximum atomic E-state index is 9.34. The second kappa shape index (κ2) is 4.01. The molecule has 66 valence electrons. The summed E-state index contributed by atoms with van der Waals surface area (Å²) in [5.74, 6) is 0.0700. The zero-order chi connectivity index (χ0) is 9.14. The first-order chi connectivity index (χ1) is 5.63. The van der Waals surface area contributed by atoms with Gasteiger partial charge in [-0.1, -0.05) is 6.92 Å². The van der Waals surface area contributed by atoms with Crippen molar-refractivity contribution in [3.8, 4) is 0 Å². The highest BCUT2D eigenvalue weighted by Gasteiger charge is 2.14. The van der Waals surface area contributed by atoms with E-state index in [1.165, 1.54) is 0 Å². The number of aliphatic hydroxyl groups excluding tert-OH is 1. The molecule has 0 aliphatic rings. The lowest BCUT2D eigenvalue weighted by atomic mass is 10.0. The minimum absolute atomic E-state index is 0.0700. The van der Waals surface area contributed by atoms with Gasteiger partial charge in [-0.3, -0.25) is 4.98 Å². The van der Waals surface area contributed by atoms with Gasteiger partial charge in [0.05, 0.1) is 11.8 Å². The summed E-state index contributed by atoms with van der Waals surface area (Å²) < 4.78 is 0.957. The zero-order valence-electron chi connectivity index (χ0n) is 7.16. The number of hydrogen-bond acceptors (Lipinski definition) is 2. The number of pyridine rings is 1. The Morgan fingerprint density at radius 1 is 1.50 bits per heavy atom. The first kappa shape index (κ1) is 9.68. The van der Waals surface area contributed by atoms with E-state index in [2.05, 4.69) is 20.9 Å². The number of halogens is 1. The molecule has 12 heavy (non-hydrogen) atoms. The molecule has 0 amide bonds. The van der Waals surface area contributed by atoms with Crippen LogP contribution in [0.1, 0.15) is 25.5 Å². The highest BCUT2D eigenvalue weighted by atomic mass is 79.9. The van der Waals surface area contributed by atoms with Crippen LogP contribution in [0.25, 0.3) is 0 Å². The summed E-state index contributed by atoms with van der Waals surface area (Å²) in [6.07, 6.45) is 1.37. The summed E-state index contributed by atoms with van der Waals surface area (Å²) in [6, 6.07) is 3.80. The van der Waals surface area contributed by atoms with Gasteiger partial charge in [0.25, 0.3) is 0 Å². The highest BCUT2D eigenvalue weighted by Crippen LogP contribution is 2.24. The number of hydrogen-bond donors (Lipinski definition) is 1. The molecular formula is C9H12BrNO. The number of nitrogens with zero attached hydrogens (tertiary/aromatic N) is 1. The lowest BCUT2D eigenvalue weighted by Crippen LogP contribution is -2.12. The molecule has 1 aromatic rings. The second-order valence-electron chi connectivity index (χ2n) is 2.90. The maximum absolute atomic E-state index is 9.34. The largest absolute Gasteiger partial charge is 0.393 e. The zero-order valence-corrected chi connectivity index (χ0v) is 8.75. The average Bonchev–Trinajstić information content (AvgIpc) is 2.04. The van der Waals surface area contributed by atoms with Crippen LogP contribution in [-0.2, 0) is 0 Å². The Balaban J connectivity index is 2.94. The quantitative estimate of drug-likeness (QED) is 0.845. The third-order valence-corrected chi connectivity index (χ3v) is 2.61. The fraction of sp³-hybridized carbons (Fsp3) is 0.444. The van der Waals surface area contributed by atoms with Gasteiger partial charge in [-0.05, 0) is 35.0 Å². The summed E-state index contributed by atoms with van der Waals surface area (Å²) in [5.41, 5.74) is 0.910. The molecule has 1 heterocycles. The molecular weight excluding hydrogens is 218 g/mol. The smallest absolute Gasteiger partial charge is 0.0599 e. The fourth-order valence-corrected chi connectivity index (χ4v) is 1.58. The van der Waals surface area contributed by atoms with Crippen LogP contribution >= 0.6 is 15.9 Å². The van der Waals surface area contributed by atoms with Crippen molar-refractivity contribution in [1.82, 2.24) is 4.98 Å². The van der Waals surface area contributed by atoms with Gasteiger partial charge in [-0.15, -0.1) is 0 Å². The van der Waals surface area contributed by atoms with Gasteiger partial charge in [0, 0.05) is 16.6 Å². The molecule has 0 aliphatic carbocycles. The van der Waals surface area contributed by atoms with E-state index in [4.69, 9.17) is 0 Å². The summed E-state index contributed by atoms with van der Waals surface area (Å²) in [4.78, 5) is 4.19. The van der Waals surface area contributed by atoms with Crippen molar-refractivity contribution in [3.05, 3.63) is 28.5 Å². The third kappa shape index (κ3) is 2.05. The second-order valence-corrected chi connectivity index (χ2v) is 3.75. The van der Waals surface area contributed by atoms with Gasteiger partial charge in [-0.25, -0.2) is 0 Å². The van der Waals surface area contributed by atoms with Crippen LogP contribution in [0.3, 0.4) is 0 Å². The highest BCUT2D eigenvalue weighted by molar-refractivity contribution is 9.10. The first-order valence-electron chi connectivity index (χ1n) is 3.91. The lowest BCUT2D eigenvalue weighted by Gasteiger charge is -2.14. The SMILES string of the molecule is CC(O)C(C)c1ncccc1Br. The molecule has 0 saturated carbocycles. The molecule has 0 aliphatic heterocycles. The topological polar surface area (TPSA) is 33.1 Å². The van der Waals surface area contributed by atoms with Crippen molar-refractivity contribution in [3.63, 3.8) is 0 Å². The maximum Gasteiger partial charge on any atom is 0.0599 e. The first-order valence-corrected chi connectivity index (χ1v) is 4.70. The van der Waals surface area contributed by atoms with Gasteiger partial charge in [0.2, 0.25) is 0 Å². The van der Waals surface area contributed by atoms with Crippen LogP contribution in [0.2, 0.25) is 0 Å². The van der Waals surface area contributed by atoms with Crippen LogP contribution in [0.15, 0.2) is 22.8 Å². The monoisotopic (exact) mass is 229 g/mol. The van der Waals surface area contributed by atoms with Gasteiger partial charge in [-0.2, -0.15) is 0 Å². The van der Waals surface area contributed by atoms with Crippen LogP contribution < -0.4 is 0 Å². The molecule has 1 rings (SSSR count). The van der Waals surface area contributed by atoms with E-state index in [1.54, 1.807) is 13.1 Å². The Bertz CT molecular complexity index is 262. The van der Waals surface area contributed by atoms with E-state index >= 15 is 0 Å². The van der Waals surface area contributed by atoms with Crippen LogP contribution in [0.5, 0.6) is 0 Å². The minimum Gasteiger partial charge on any atom is -0.393 e. The molecule has 0 saturated heterocycles. The van der Waals surface area contributed by atoms with Crippen molar-refractivity contribution >= 4 is 15.9 Å². The Morgan fingerprint density at radius 3 is 2.67 bits per heavy atom. The lowest BCUT2D eigenvalue weighted by molar-refractivity contribution is 0.167. The van der Waals surface area contributed by atoms with Crippen molar-refractivity contribution < 1.29 is 5.11 Å². The predicted octanol–water partition coefficient (Wildman–Crippen LogP) is 2.33. The molecule has 0 bridgehead atoms. The summed E-state index contributed by atoms with van der Waals surface area (Å²) in [6.45, 7) is 3.73. The molecule has 3 heteroatoms. The van der Waals surface area contributed by atoms with Crippen molar-refractivity contribution in [2.75, 3.05) is 0 Å². The molecule has 1 aromatic heterocycles. The van der Waals surface area contributed by atoms with E-state index in [9.17, 15) is 5.11 Å². The average molecular weight is 230 g/mol. The molecule has 0 fully saturated rings. The number of aliphatic hydroxyl groups is 1. The predicted molar refractivity (Wildman–Crippen MR) is 52.0 cm³/mol. The number of rotatable bonds is 2. The minimum atomic E-state index is -0.365. The van der Waals surface area contributed by atoms with E-state index in [-0.39, 0.29) is 12.0 Å². The van der Waals surface area contributed by atoms with Crippen molar-refractivity contribution in [2.24, 2.45) is 0 Å². The Morgan fingerprint density at radius 2 is 2.17 bits per heavy atom. The summed E-state index contributed by atoms with van der Waals surface area (Å²) in [7, 11) is 0. The van der Waals surface area contributed by atoms with E-state index < -0.39 is 0 Å². The number of aromatic nitrogens is 1. The molecule has 0 spiro atoms. The fourth-order valence-electron chi connectivity index (χ4n) is 0.961. The molecule has 2 atom stereocenters. The molecule has 1 N–H and O–H groups in total. The van der Waals surface area contributed by atoms with Gasteiger partial charge in [0.15, 0.2) is 0 Å². The third-order valence-electron chi connectivity index (χ3n) is 1.94.